The van der Waals surface area contributed by atoms with Gasteiger partial charge in [-0.1, -0.05) is 40.7 Å². The number of aromatic nitrogens is 1. The molecule has 0 radical (unpaired) electrons. The van der Waals surface area contributed by atoms with E-state index in [2.05, 4.69) is 48.0 Å². The summed E-state index contributed by atoms with van der Waals surface area (Å²) in [5.74, 6) is 0. The molecule has 0 bridgehead atoms. The lowest BCUT2D eigenvalue weighted by molar-refractivity contribution is 1.00. The molecule has 0 unspecified atom stereocenters. The highest BCUT2D eigenvalue weighted by Crippen LogP contribution is 2.30. The monoisotopic (exact) mass is 310 g/mol. The molecule has 2 aromatic carbocycles. The van der Waals surface area contributed by atoms with Crippen LogP contribution < -0.4 is 10.5 Å². The fraction of sp³-hybridized carbons (Fsp3) is 0.222. The van der Waals surface area contributed by atoms with Crippen molar-refractivity contribution >= 4 is 32.2 Å². The molecule has 1 aromatic heterocycles. The van der Waals surface area contributed by atoms with Crippen LogP contribution in [0.1, 0.15) is 18.1 Å². The summed E-state index contributed by atoms with van der Waals surface area (Å²) in [5, 5.41) is 1.45. The van der Waals surface area contributed by atoms with Crippen molar-refractivity contribution < 1.29 is 0 Å². The molecule has 0 spiro atoms. The zero-order valence-electron chi connectivity index (χ0n) is 13.0. The number of aryl methyl sites for hydroxylation is 2. The fourth-order valence-electron chi connectivity index (χ4n) is 2.44. The van der Waals surface area contributed by atoms with Gasteiger partial charge in [-0.25, -0.2) is 0 Å². The van der Waals surface area contributed by atoms with Crippen LogP contribution in [0.3, 0.4) is 0 Å². The third kappa shape index (κ3) is 2.74. The van der Waals surface area contributed by atoms with Crippen LogP contribution in [0.15, 0.2) is 47.3 Å². The Morgan fingerprint density at radius 1 is 1.05 bits per heavy atom. The van der Waals surface area contributed by atoms with E-state index in [1.165, 1.54) is 5.56 Å². The maximum absolute atomic E-state index is 12.3. The molecule has 0 saturated carbocycles. The lowest BCUT2D eigenvalue weighted by Crippen LogP contribution is -2.19. The average molecular weight is 310 g/mol. The fourth-order valence-corrected chi connectivity index (χ4v) is 3.50. The lowest BCUT2D eigenvalue weighted by Gasteiger charge is -2.21. The number of anilines is 2. The zero-order chi connectivity index (χ0) is 15.7. The molecule has 0 amide bonds. The maximum Gasteiger partial charge on any atom is 0.281 e. The van der Waals surface area contributed by atoms with Gasteiger partial charge < -0.3 is 4.90 Å². The van der Waals surface area contributed by atoms with Crippen molar-refractivity contribution in [3.63, 3.8) is 0 Å². The summed E-state index contributed by atoms with van der Waals surface area (Å²) < 4.78 is 0.978. The number of hydrogen-bond donors (Lipinski definition) is 0. The highest BCUT2D eigenvalue weighted by Gasteiger charge is 2.12. The van der Waals surface area contributed by atoms with E-state index in [4.69, 9.17) is 0 Å². The molecule has 3 nitrogen and oxygen atoms in total. The van der Waals surface area contributed by atoms with E-state index in [0.29, 0.717) is 5.39 Å². The predicted molar refractivity (Wildman–Crippen MR) is 94.5 cm³/mol. The third-order valence-corrected chi connectivity index (χ3v) is 4.73. The van der Waals surface area contributed by atoms with E-state index < -0.39 is 0 Å². The van der Waals surface area contributed by atoms with Crippen molar-refractivity contribution in [1.82, 2.24) is 4.98 Å². The minimum absolute atomic E-state index is 0.155. The minimum Gasteiger partial charge on any atom is -0.318 e. The van der Waals surface area contributed by atoms with E-state index in [-0.39, 0.29) is 5.56 Å². The van der Waals surface area contributed by atoms with Crippen LogP contribution >= 0.6 is 11.3 Å². The molecular formula is C18H18N2OS. The lowest BCUT2D eigenvalue weighted by atomic mass is 10.2. The smallest absolute Gasteiger partial charge is 0.281 e. The van der Waals surface area contributed by atoms with Crippen molar-refractivity contribution in [3.05, 3.63) is 63.9 Å². The van der Waals surface area contributed by atoms with Gasteiger partial charge in [0.2, 0.25) is 0 Å². The van der Waals surface area contributed by atoms with Crippen LogP contribution in [0.5, 0.6) is 0 Å². The third-order valence-electron chi connectivity index (χ3n) is 3.66. The molecule has 3 aromatic rings. The molecule has 3 rings (SSSR count). The van der Waals surface area contributed by atoms with Crippen molar-refractivity contribution in [2.24, 2.45) is 0 Å². The molecule has 4 heteroatoms. The van der Waals surface area contributed by atoms with Gasteiger partial charge in [0.1, 0.15) is 0 Å². The number of nitrogens with zero attached hydrogens (tertiary/aromatic N) is 2. The van der Waals surface area contributed by atoms with Gasteiger partial charge in [-0.05, 0) is 45.0 Å². The molecular weight excluding hydrogens is 292 g/mol. The van der Waals surface area contributed by atoms with E-state index in [9.17, 15) is 4.79 Å². The van der Waals surface area contributed by atoms with E-state index in [1.54, 1.807) is 11.3 Å². The average Bonchev–Trinajstić information content (AvgIpc) is 2.51. The SMILES string of the molecule is CCN(c1ccc(C)cc1)c1nc(=O)c2cc(C)ccc2s1. The summed E-state index contributed by atoms with van der Waals surface area (Å²) in [6.45, 7) is 6.89. The van der Waals surface area contributed by atoms with E-state index in [0.717, 1.165) is 27.6 Å². The van der Waals surface area contributed by atoms with Crippen LogP contribution in [0.4, 0.5) is 10.8 Å². The van der Waals surface area contributed by atoms with Crippen LogP contribution in [0.25, 0.3) is 10.1 Å². The van der Waals surface area contributed by atoms with Crippen molar-refractivity contribution in [2.75, 3.05) is 11.4 Å². The quantitative estimate of drug-likeness (QED) is 0.717. The summed E-state index contributed by atoms with van der Waals surface area (Å²) in [4.78, 5) is 18.7. The van der Waals surface area contributed by atoms with Gasteiger partial charge in [-0.15, -0.1) is 0 Å². The molecule has 1 heterocycles. The molecule has 0 atom stereocenters. The molecule has 22 heavy (non-hydrogen) atoms. The Morgan fingerprint density at radius 3 is 2.41 bits per heavy atom. The Bertz CT molecular complexity index is 868. The van der Waals surface area contributed by atoms with Gasteiger partial charge in [0.05, 0.1) is 5.39 Å². The second kappa shape index (κ2) is 5.89. The van der Waals surface area contributed by atoms with E-state index in [1.807, 2.05) is 25.1 Å². The molecule has 0 aliphatic carbocycles. The Hall–Kier alpha value is -2.20. The molecule has 0 aliphatic heterocycles. The summed E-state index contributed by atoms with van der Waals surface area (Å²) >= 11 is 1.56. The first-order chi connectivity index (χ1) is 10.6. The van der Waals surface area contributed by atoms with Crippen molar-refractivity contribution in [2.45, 2.75) is 20.8 Å². The first-order valence-corrected chi connectivity index (χ1v) is 8.16. The minimum atomic E-state index is -0.155. The Morgan fingerprint density at radius 2 is 1.73 bits per heavy atom. The number of fused-ring (bicyclic) bond motifs is 1. The maximum atomic E-state index is 12.3. The number of benzene rings is 2. The van der Waals surface area contributed by atoms with Gasteiger partial charge in [-0.2, -0.15) is 4.98 Å². The highest BCUT2D eigenvalue weighted by atomic mass is 32.1. The van der Waals surface area contributed by atoms with Crippen LogP contribution in [0, 0.1) is 13.8 Å². The number of rotatable bonds is 3. The first kappa shape index (κ1) is 14.7. The largest absolute Gasteiger partial charge is 0.318 e. The summed E-state index contributed by atoms with van der Waals surface area (Å²) in [7, 11) is 0. The Kier molecular flexibility index (Phi) is 3.94. The summed E-state index contributed by atoms with van der Waals surface area (Å²) in [5.41, 5.74) is 3.20. The van der Waals surface area contributed by atoms with Gasteiger partial charge in [0, 0.05) is 16.9 Å². The van der Waals surface area contributed by atoms with Crippen LogP contribution in [0.2, 0.25) is 0 Å². The first-order valence-electron chi connectivity index (χ1n) is 7.34. The highest BCUT2D eigenvalue weighted by molar-refractivity contribution is 7.21. The van der Waals surface area contributed by atoms with Gasteiger partial charge in [-0.3, -0.25) is 4.79 Å². The molecule has 112 valence electrons. The topological polar surface area (TPSA) is 33.2 Å². The normalized spacial score (nSPS) is 10.9. The van der Waals surface area contributed by atoms with Crippen molar-refractivity contribution in [3.8, 4) is 0 Å². The standard InChI is InChI=1S/C18H18N2OS/c1-4-20(14-8-5-12(2)6-9-14)18-19-17(21)15-11-13(3)7-10-16(15)22-18/h5-11H,4H2,1-3H3. The van der Waals surface area contributed by atoms with Gasteiger partial charge in [0.15, 0.2) is 5.13 Å². The second-order valence-electron chi connectivity index (χ2n) is 5.38. The second-order valence-corrected chi connectivity index (χ2v) is 6.39. The molecule has 0 fully saturated rings. The van der Waals surface area contributed by atoms with Gasteiger partial charge in [0.25, 0.3) is 5.56 Å². The Balaban J connectivity index is 2.13. The molecule has 0 aliphatic rings. The van der Waals surface area contributed by atoms with Crippen LogP contribution in [-0.2, 0) is 0 Å². The predicted octanol–water partition coefficient (Wildman–Crippen LogP) is 4.43. The molecule has 0 saturated heterocycles. The molecule has 0 N–H and O–H groups in total. The van der Waals surface area contributed by atoms with E-state index >= 15 is 0 Å². The Labute approximate surface area is 133 Å². The van der Waals surface area contributed by atoms with Crippen molar-refractivity contribution in [1.29, 1.82) is 0 Å². The number of hydrogen-bond acceptors (Lipinski definition) is 4. The zero-order valence-corrected chi connectivity index (χ0v) is 13.8. The van der Waals surface area contributed by atoms with Gasteiger partial charge >= 0.3 is 0 Å². The summed E-state index contributed by atoms with van der Waals surface area (Å²) in [6, 6.07) is 14.2. The van der Waals surface area contributed by atoms with Crippen LogP contribution in [-0.4, -0.2) is 11.5 Å². The summed E-state index contributed by atoms with van der Waals surface area (Å²) in [6.07, 6.45) is 0.